The molecule has 0 aliphatic carbocycles. The lowest BCUT2D eigenvalue weighted by atomic mass is 10.2. The zero-order valence-electron chi connectivity index (χ0n) is 11.4. The van der Waals surface area contributed by atoms with Gasteiger partial charge in [0.25, 0.3) is 0 Å². The Hall–Kier alpha value is -2.62. The monoisotopic (exact) mass is 269 g/mol. The molecule has 0 N–H and O–H groups in total. The highest BCUT2D eigenvalue weighted by molar-refractivity contribution is 6.00. The van der Waals surface area contributed by atoms with E-state index in [1.54, 1.807) is 31.2 Å². The van der Waals surface area contributed by atoms with Gasteiger partial charge in [0.05, 0.1) is 12.8 Å². The van der Waals surface area contributed by atoms with E-state index in [9.17, 15) is 4.79 Å². The van der Waals surface area contributed by atoms with Crippen molar-refractivity contribution in [2.45, 2.75) is 6.92 Å². The molecule has 0 fully saturated rings. The number of rotatable bonds is 3. The minimum atomic E-state index is -0.486. The van der Waals surface area contributed by atoms with Crippen LogP contribution >= 0.6 is 0 Å². The molecule has 0 aliphatic heterocycles. The zero-order chi connectivity index (χ0) is 14.4. The van der Waals surface area contributed by atoms with Crippen LogP contribution in [0.3, 0.4) is 0 Å². The Labute approximate surface area is 117 Å². The summed E-state index contributed by atoms with van der Waals surface area (Å²) in [6, 6.07) is 16.2. The standard InChI is InChI=1S/C16H15NO3/c1-12(17-13-8-4-3-5-9-13)20-16(18)14-10-6-7-11-15(14)19-2/h3-11H,1-2H3. The first-order chi connectivity index (χ1) is 9.70. The molecule has 0 radical (unpaired) electrons. The van der Waals surface area contributed by atoms with Gasteiger partial charge in [0.15, 0.2) is 5.90 Å². The number of nitrogens with zero attached hydrogens (tertiary/aromatic N) is 1. The second kappa shape index (κ2) is 6.52. The van der Waals surface area contributed by atoms with Gasteiger partial charge in [-0.3, -0.25) is 0 Å². The van der Waals surface area contributed by atoms with E-state index in [1.165, 1.54) is 7.11 Å². The maximum absolute atomic E-state index is 12.0. The van der Waals surface area contributed by atoms with Crippen LogP contribution in [0.1, 0.15) is 17.3 Å². The zero-order valence-corrected chi connectivity index (χ0v) is 11.4. The van der Waals surface area contributed by atoms with Gasteiger partial charge in [0.1, 0.15) is 11.3 Å². The van der Waals surface area contributed by atoms with Crippen LogP contribution in [0.4, 0.5) is 5.69 Å². The number of esters is 1. The van der Waals surface area contributed by atoms with Crippen LogP contribution in [-0.2, 0) is 4.74 Å². The molecule has 0 heterocycles. The average molecular weight is 269 g/mol. The highest BCUT2D eigenvalue weighted by Gasteiger charge is 2.14. The van der Waals surface area contributed by atoms with Crippen LogP contribution in [0, 0.1) is 0 Å². The second-order valence-electron chi connectivity index (χ2n) is 4.06. The Bertz CT molecular complexity index is 621. The number of hydrogen-bond donors (Lipinski definition) is 0. The summed E-state index contributed by atoms with van der Waals surface area (Å²) < 4.78 is 10.3. The third kappa shape index (κ3) is 3.45. The molecule has 0 bridgehead atoms. The summed E-state index contributed by atoms with van der Waals surface area (Å²) in [6.45, 7) is 1.64. The fourth-order valence-electron chi connectivity index (χ4n) is 1.71. The summed E-state index contributed by atoms with van der Waals surface area (Å²) in [5, 5.41) is 0. The Morgan fingerprint density at radius 2 is 1.65 bits per heavy atom. The largest absolute Gasteiger partial charge is 0.496 e. The Morgan fingerprint density at radius 3 is 2.35 bits per heavy atom. The quantitative estimate of drug-likeness (QED) is 0.486. The fourth-order valence-corrected chi connectivity index (χ4v) is 1.71. The molecule has 0 atom stereocenters. The summed E-state index contributed by atoms with van der Waals surface area (Å²) in [6.07, 6.45) is 0. The molecule has 2 aromatic carbocycles. The van der Waals surface area contributed by atoms with Gasteiger partial charge in [-0.1, -0.05) is 30.3 Å². The molecule has 20 heavy (non-hydrogen) atoms. The molecular weight excluding hydrogens is 254 g/mol. The van der Waals surface area contributed by atoms with E-state index >= 15 is 0 Å². The Morgan fingerprint density at radius 1 is 1.00 bits per heavy atom. The molecule has 0 amide bonds. The van der Waals surface area contributed by atoms with Crippen molar-refractivity contribution in [2.75, 3.05) is 7.11 Å². The summed E-state index contributed by atoms with van der Waals surface area (Å²) in [5.74, 6) is 0.275. The number of benzene rings is 2. The molecule has 2 rings (SSSR count). The molecule has 4 nitrogen and oxygen atoms in total. The van der Waals surface area contributed by atoms with Gasteiger partial charge in [-0.25, -0.2) is 9.79 Å². The van der Waals surface area contributed by atoms with Crippen molar-refractivity contribution in [2.24, 2.45) is 4.99 Å². The van der Waals surface area contributed by atoms with Crippen molar-refractivity contribution in [3.05, 3.63) is 60.2 Å². The molecule has 0 unspecified atom stereocenters. The molecule has 0 saturated carbocycles. The van der Waals surface area contributed by atoms with Crippen molar-refractivity contribution in [3.8, 4) is 5.75 Å². The van der Waals surface area contributed by atoms with Crippen LogP contribution in [0.2, 0.25) is 0 Å². The van der Waals surface area contributed by atoms with Crippen molar-refractivity contribution >= 4 is 17.6 Å². The molecule has 4 heteroatoms. The van der Waals surface area contributed by atoms with Gasteiger partial charge in [-0.05, 0) is 24.3 Å². The number of aliphatic imine (C=N–C) groups is 1. The number of methoxy groups -OCH3 is 1. The lowest BCUT2D eigenvalue weighted by Gasteiger charge is -2.07. The van der Waals surface area contributed by atoms with E-state index < -0.39 is 5.97 Å². The number of carbonyl (C=O) groups is 1. The topological polar surface area (TPSA) is 47.9 Å². The molecular formula is C16H15NO3. The highest BCUT2D eigenvalue weighted by atomic mass is 16.5. The third-order valence-corrected chi connectivity index (χ3v) is 2.61. The average Bonchev–Trinajstić information content (AvgIpc) is 2.48. The highest BCUT2D eigenvalue weighted by Crippen LogP contribution is 2.19. The number of carbonyl (C=O) groups excluding carboxylic acids is 1. The van der Waals surface area contributed by atoms with Gasteiger partial charge in [-0.15, -0.1) is 0 Å². The summed E-state index contributed by atoms with van der Waals surface area (Å²) in [4.78, 5) is 16.3. The van der Waals surface area contributed by atoms with E-state index in [2.05, 4.69) is 4.99 Å². The molecule has 102 valence electrons. The minimum Gasteiger partial charge on any atom is -0.496 e. The van der Waals surface area contributed by atoms with Crippen LogP contribution < -0.4 is 4.74 Å². The Balaban J connectivity index is 2.13. The van der Waals surface area contributed by atoms with Crippen molar-refractivity contribution < 1.29 is 14.3 Å². The third-order valence-electron chi connectivity index (χ3n) is 2.61. The molecule has 0 aliphatic rings. The number of para-hydroxylation sites is 2. The lowest BCUT2D eigenvalue weighted by Crippen LogP contribution is -2.10. The fraction of sp³-hybridized carbons (Fsp3) is 0.125. The van der Waals surface area contributed by atoms with E-state index in [0.29, 0.717) is 11.3 Å². The SMILES string of the molecule is COc1ccccc1C(=O)OC(C)=Nc1ccccc1. The molecule has 0 aromatic heterocycles. The van der Waals surface area contributed by atoms with Gasteiger partial charge in [0.2, 0.25) is 0 Å². The maximum atomic E-state index is 12.0. The van der Waals surface area contributed by atoms with Gasteiger partial charge in [-0.2, -0.15) is 0 Å². The number of ether oxygens (including phenoxy) is 2. The first-order valence-electron chi connectivity index (χ1n) is 6.16. The van der Waals surface area contributed by atoms with E-state index in [1.807, 2.05) is 30.3 Å². The molecule has 0 spiro atoms. The smallest absolute Gasteiger partial charge is 0.348 e. The summed E-state index contributed by atoms with van der Waals surface area (Å²) in [7, 11) is 1.51. The van der Waals surface area contributed by atoms with Gasteiger partial charge in [0, 0.05) is 6.92 Å². The van der Waals surface area contributed by atoms with Gasteiger partial charge < -0.3 is 9.47 Å². The second-order valence-corrected chi connectivity index (χ2v) is 4.06. The van der Waals surface area contributed by atoms with Crippen LogP contribution in [-0.4, -0.2) is 19.0 Å². The maximum Gasteiger partial charge on any atom is 0.348 e. The van der Waals surface area contributed by atoms with E-state index in [4.69, 9.17) is 9.47 Å². The van der Waals surface area contributed by atoms with Crippen molar-refractivity contribution in [1.82, 2.24) is 0 Å². The summed E-state index contributed by atoms with van der Waals surface area (Å²) >= 11 is 0. The van der Waals surface area contributed by atoms with E-state index in [-0.39, 0.29) is 5.90 Å². The van der Waals surface area contributed by atoms with Crippen LogP contribution in [0.25, 0.3) is 0 Å². The Kier molecular flexibility index (Phi) is 4.50. The summed E-state index contributed by atoms with van der Waals surface area (Å²) in [5.41, 5.74) is 1.11. The van der Waals surface area contributed by atoms with Crippen molar-refractivity contribution in [1.29, 1.82) is 0 Å². The predicted octanol–water partition coefficient (Wildman–Crippen LogP) is 3.60. The number of hydrogen-bond acceptors (Lipinski definition) is 4. The first-order valence-corrected chi connectivity index (χ1v) is 6.16. The first kappa shape index (κ1) is 13.8. The lowest BCUT2D eigenvalue weighted by molar-refractivity contribution is 0.0712. The van der Waals surface area contributed by atoms with Crippen molar-refractivity contribution in [3.63, 3.8) is 0 Å². The van der Waals surface area contributed by atoms with Gasteiger partial charge >= 0.3 is 5.97 Å². The minimum absolute atomic E-state index is 0.284. The molecule has 2 aromatic rings. The van der Waals surface area contributed by atoms with E-state index in [0.717, 1.165) is 5.69 Å². The van der Waals surface area contributed by atoms with Crippen LogP contribution in [0.5, 0.6) is 5.75 Å². The van der Waals surface area contributed by atoms with Crippen LogP contribution in [0.15, 0.2) is 59.6 Å². The predicted molar refractivity (Wildman–Crippen MR) is 77.6 cm³/mol. The normalized spacial score (nSPS) is 11.0. The molecule has 0 saturated heterocycles.